The minimum atomic E-state index is -0.738. The lowest BCUT2D eigenvalue weighted by Crippen LogP contribution is -2.55. The van der Waals surface area contributed by atoms with Crippen LogP contribution in [0, 0.1) is 5.92 Å². The van der Waals surface area contributed by atoms with Crippen molar-refractivity contribution in [3.8, 4) is 0 Å². The van der Waals surface area contributed by atoms with Gasteiger partial charge in [0.05, 0.1) is 15.2 Å². The molecular weight excluding hydrogens is 522 g/mol. The van der Waals surface area contributed by atoms with Crippen LogP contribution in [0.1, 0.15) is 76.8 Å². The minimum Gasteiger partial charge on any atom is -0.350 e. The molecule has 0 bridgehead atoms. The quantitative estimate of drug-likeness (QED) is 0.276. The number of rotatable bonds is 15. The zero-order valence-electron chi connectivity index (χ0n) is 24.7. The summed E-state index contributed by atoms with van der Waals surface area (Å²) in [4.78, 5) is 45.8. The molecule has 3 amide bonds. The van der Waals surface area contributed by atoms with Gasteiger partial charge in [0, 0.05) is 37.5 Å². The predicted octanol–water partition coefficient (Wildman–Crippen LogP) is 4.38. The average molecular weight is 570 g/mol. The van der Waals surface area contributed by atoms with Crippen LogP contribution in [-0.4, -0.2) is 65.9 Å². The highest BCUT2D eigenvalue weighted by Crippen LogP contribution is 2.27. The van der Waals surface area contributed by atoms with Gasteiger partial charge in [-0.15, -0.1) is 11.3 Å². The van der Waals surface area contributed by atoms with Crippen LogP contribution in [0.3, 0.4) is 0 Å². The van der Waals surface area contributed by atoms with E-state index in [1.54, 1.807) is 18.3 Å². The average Bonchev–Trinajstić information content (AvgIpc) is 3.38. The van der Waals surface area contributed by atoms with Gasteiger partial charge in [-0.1, -0.05) is 59.6 Å². The first-order chi connectivity index (χ1) is 19.3. The number of hydrogen-bond acceptors (Lipinski definition) is 6. The summed E-state index contributed by atoms with van der Waals surface area (Å²) >= 11 is 1.57. The topological polar surface area (TPSA) is 103 Å². The van der Waals surface area contributed by atoms with Crippen LogP contribution in [-0.2, 0) is 27.2 Å². The van der Waals surface area contributed by atoms with E-state index < -0.39 is 6.04 Å². The number of benzene rings is 1. The molecule has 220 valence electrons. The van der Waals surface area contributed by atoms with Crippen LogP contribution in [0.2, 0.25) is 0 Å². The van der Waals surface area contributed by atoms with Crippen molar-refractivity contribution in [2.45, 2.75) is 91.1 Å². The number of hydrogen-bond donors (Lipinski definition) is 3. The minimum absolute atomic E-state index is 0.176. The number of carbonyl (C=O) groups is 3. The fraction of sp³-hybridized carbons (Fsp3) is 0.613. The summed E-state index contributed by atoms with van der Waals surface area (Å²) in [6.07, 6.45) is 6.99. The van der Waals surface area contributed by atoms with Gasteiger partial charge >= 0.3 is 0 Å². The fourth-order valence-corrected chi connectivity index (χ4v) is 6.35. The van der Waals surface area contributed by atoms with Crippen LogP contribution in [0.15, 0.2) is 30.4 Å². The van der Waals surface area contributed by atoms with Gasteiger partial charge in [0.2, 0.25) is 17.7 Å². The Hall–Kier alpha value is -2.78. The van der Waals surface area contributed by atoms with E-state index in [1.807, 2.05) is 6.07 Å². The Morgan fingerprint density at radius 1 is 1.07 bits per heavy atom. The van der Waals surface area contributed by atoms with Gasteiger partial charge < -0.3 is 16.0 Å². The highest BCUT2D eigenvalue weighted by Gasteiger charge is 2.30. The molecular formula is C31H47N5O3S. The molecule has 0 aliphatic heterocycles. The Morgan fingerprint density at radius 2 is 1.80 bits per heavy atom. The molecule has 9 heteroatoms. The number of likely N-dealkylation sites (N-methyl/N-ethyl adjacent to an activating group) is 1. The van der Waals surface area contributed by atoms with E-state index in [2.05, 4.69) is 60.3 Å². The zero-order valence-corrected chi connectivity index (χ0v) is 25.5. The van der Waals surface area contributed by atoms with Crippen molar-refractivity contribution in [3.63, 3.8) is 0 Å². The van der Waals surface area contributed by atoms with Crippen LogP contribution in [0.25, 0.3) is 10.2 Å². The molecule has 0 saturated heterocycles. The first kappa shape index (κ1) is 31.7. The Kier molecular flexibility index (Phi) is 12.6. The summed E-state index contributed by atoms with van der Waals surface area (Å²) in [6.45, 7) is 14.6. The lowest BCUT2D eigenvalue weighted by atomic mass is 9.83. The maximum absolute atomic E-state index is 13.7. The van der Waals surface area contributed by atoms with Crippen LogP contribution in [0.4, 0.5) is 0 Å². The van der Waals surface area contributed by atoms with Crippen molar-refractivity contribution in [1.29, 1.82) is 0 Å². The molecule has 2 atom stereocenters. The molecule has 1 aliphatic rings. The van der Waals surface area contributed by atoms with E-state index in [0.717, 1.165) is 60.4 Å². The van der Waals surface area contributed by atoms with Crippen molar-refractivity contribution >= 4 is 39.3 Å². The van der Waals surface area contributed by atoms with Gasteiger partial charge in [-0.2, -0.15) is 0 Å². The Morgan fingerprint density at radius 3 is 2.45 bits per heavy atom. The number of aromatic nitrogens is 1. The van der Waals surface area contributed by atoms with Crippen molar-refractivity contribution in [2.24, 2.45) is 5.92 Å². The van der Waals surface area contributed by atoms with E-state index in [9.17, 15) is 14.4 Å². The molecule has 40 heavy (non-hydrogen) atoms. The lowest BCUT2D eigenvalue weighted by Gasteiger charge is -2.32. The van der Waals surface area contributed by atoms with Gasteiger partial charge in [0.1, 0.15) is 6.04 Å². The predicted molar refractivity (Wildman–Crippen MR) is 163 cm³/mol. The first-order valence-electron chi connectivity index (χ1n) is 14.9. The molecule has 0 radical (unpaired) electrons. The summed E-state index contributed by atoms with van der Waals surface area (Å²) in [5.74, 6) is -0.322. The highest BCUT2D eigenvalue weighted by atomic mass is 32.1. The maximum Gasteiger partial charge on any atom is 0.247 e. The molecule has 1 aromatic heterocycles. The Bertz CT molecular complexity index is 1150. The number of thiazole rings is 1. The maximum atomic E-state index is 13.7. The van der Waals surface area contributed by atoms with E-state index in [-0.39, 0.29) is 29.7 Å². The van der Waals surface area contributed by atoms with Crippen molar-refractivity contribution in [3.05, 3.63) is 40.9 Å². The normalized spacial score (nSPS) is 15.5. The monoisotopic (exact) mass is 569 g/mol. The molecule has 0 spiro atoms. The van der Waals surface area contributed by atoms with Gasteiger partial charge in [-0.05, 0) is 56.0 Å². The fourth-order valence-electron chi connectivity index (χ4n) is 5.28. The van der Waals surface area contributed by atoms with Crippen LogP contribution in [0.5, 0.6) is 0 Å². The smallest absolute Gasteiger partial charge is 0.247 e. The molecule has 1 aliphatic carbocycles. The summed E-state index contributed by atoms with van der Waals surface area (Å²) < 4.78 is 1.09. The third-order valence-electron chi connectivity index (χ3n) is 7.92. The van der Waals surface area contributed by atoms with Crippen molar-refractivity contribution in [2.75, 3.05) is 26.2 Å². The van der Waals surface area contributed by atoms with Crippen LogP contribution >= 0.6 is 11.3 Å². The second kappa shape index (κ2) is 15.9. The standard InChI is InChI=1S/C31H47N5O3S/c1-6-22-15-16-24-27(17-22)40-29(34-24)18-25(33-28(37)7-2)31(39)35-26(23-13-11-10-12-14-23)19-32-30(38)21(5)20-36(8-3)9-4/h15-17,23,25-26H,5-14,18-20H2,1-4H3,(H,32,38)(H,33,37)(H,35,39)/t25-,26+/m0/s1. The van der Waals surface area contributed by atoms with Gasteiger partial charge in [-0.25, -0.2) is 4.98 Å². The molecule has 3 rings (SSSR count). The summed E-state index contributed by atoms with van der Waals surface area (Å²) in [6, 6.07) is 5.28. The van der Waals surface area contributed by atoms with Crippen molar-refractivity contribution in [1.82, 2.24) is 25.8 Å². The molecule has 1 fully saturated rings. The van der Waals surface area contributed by atoms with E-state index in [1.165, 1.54) is 12.0 Å². The van der Waals surface area contributed by atoms with Crippen LogP contribution < -0.4 is 16.0 Å². The molecule has 8 nitrogen and oxygen atoms in total. The number of amides is 3. The first-order valence-corrected chi connectivity index (χ1v) is 15.8. The number of aryl methyl sites for hydroxylation is 1. The molecule has 0 unspecified atom stereocenters. The molecule has 2 aromatic rings. The highest BCUT2D eigenvalue weighted by molar-refractivity contribution is 7.18. The largest absolute Gasteiger partial charge is 0.350 e. The lowest BCUT2D eigenvalue weighted by molar-refractivity contribution is -0.129. The number of fused-ring (bicyclic) bond motifs is 1. The summed E-state index contributed by atoms with van der Waals surface area (Å²) in [5, 5.41) is 9.98. The van der Waals surface area contributed by atoms with Gasteiger partial charge in [0.25, 0.3) is 0 Å². The number of nitrogens with one attached hydrogen (secondary N) is 3. The second-order valence-electron chi connectivity index (χ2n) is 10.7. The summed E-state index contributed by atoms with van der Waals surface area (Å²) in [5.41, 5.74) is 2.67. The van der Waals surface area contributed by atoms with E-state index in [4.69, 9.17) is 4.98 Å². The van der Waals surface area contributed by atoms with Crippen molar-refractivity contribution < 1.29 is 14.4 Å². The third-order valence-corrected chi connectivity index (χ3v) is 8.96. The molecule has 3 N–H and O–H groups in total. The molecule has 1 aromatic carbocycles. The van der Waals surface area contributed by atoms with Gasteiger partial charge in [0.15, 0.2) is 0 Å². The Labute approximate surface area is 243 Å². The van der Waals surface area contributed by atoms with Gasteiger partial charge in [-0.3, -0.25) is 19.3 Å². The molecule has 1 saturated carbocycles. The van der Waals surface area contributed by atoms with E-state index >= 15 is 0 Å². The second-order valence-corrected chi connectivity index (χ2v) is 11.8. The number of carbonyl (C=O) groups excluding carboxylic acids is 3. The SMILES string of the molecule is C=C(CN(CC)CC)C(=O)NC[C@@H](NC(=O)[C@H](Cc1nc2ccc(CC)cc2s1)NC(=O)CC)C1CCCCC1. The third kappa shape index (κ3) is 9.13. The zero-order chi connectivity index (χ0) is 29.1. The molecule has 1 heterocycles. The number of nitrogens with zero attached hydrogens (tertiary/aromatic N) is 2. The summed E-state index contributed by atoms with van der Waals surface area (Å²) in [7, 11) is 0. The Balaban J connectivity index is 1.73. The van der Waals surface area contributed by atoms with E-state index in [0.29, 0.717) is 31.5 Å².